The van der Waals surface area contributed by atoms with Crippen molar-refractivity contribution in [1.29, 1.82) is 0 Å². The zero-order valence-corrected chi connectivity index (χ0v) is 10.1. The van der Waals surface area contributed by atoms with Gasteiger partial charge in [-0.2, -0.15) is 0 Å². The summed E-state index contributed by atoms with van der Waals surface area (Å²) in [6, 6.07) is 5.44. The summed E-state index contributed by atoms with van der Waals surface area (Å²) in [5, 5.41) is 3.41. The Labute approximate surface area is 97.1 Å². The van der Waals surface area contributed by atoms with Crippen LogP contribution in [0.5, 0.6) is 0 Å². The maximum Gasteiger partial charge on any atom is 0.126 e. The van der Waals surface area contributed by atoms with Crippen LogP contribution in [0, 0.1) is 18.7 Å². The van der Waals surface area contributed by atoms with Crippen LogP contribution in [0.4, 0.5) is 4.39 Å². The van der Waals surface area contributed by atoms with Gasteiger partial charge in [0, 0.05) is 0 Å². The molecule has 1 N–H and O–H groups in total. The number of hydrogen-bond acceptors (Lipinski definition) is 1. The van der Waals surface area contributed by atoms with E-state index in [4.69, 9.17) is 0 Å². The molecule has 2 atom stereocenters. The zero-order valence-electron chi connectivity index (χ0n) is 10.1. The second-order valence-electron chi connectivity index (χ2n) is 4.83. The van der Waals surface area contributed by atoms with E-state index < -0.39 is 0 Å². The molecular weight excluding hydrogens is 201 g/mol. The van der Waals surface area contributed by atoms with Gasteiger partial charge in [-0.25, -0.2) is 4.39 Å². The predicted octanol–water partition coefficient (Wildman–Crippen LogP) is 3.24. The first-order valence-corrected chi connectivity index (χ1v) is 6.19. The lowest BCUT2D eigenvalue weighted by molar-refractivity contribution is 0.590. The van der Waals surface area contributed by atoms with Crippen molar-refractivity contribution >= 4 is 0 Å². The molecule has 0 spiro atoms. The maximum absolute atomic E-state index is 13.6. The molecule has 1 aromatic carbocycles. The molecule has 0 bridgehead atoms. The van der Waals surface area contributed by atoms with Gasteiger partial charge in [-0.3, -0.25) is 0 Å². The van der Waals surface area contributed by atoms with Crippen LogP contribution in [-0.4, -0.2) is 13.1 Å². The van der Waals surface area contributed by atoms with Crippen molar-refractivity contribution in [3.63, 3.8) is 0 Å². The van der Waals surface area contributed by atoms with Crippen molar-refractivity contribution in [1.82, 2.24) is 5.32 Å². The van der Waals surface area contributed by atoms with Crippen molar-refractivity contribution in [2.45, 2.75) is 32.6 Å². The van der Waals surface area contributed by atoms with Crippen molar-refractivity contribution in [2.75, 3.05) is 13.1 Å². The molecule has 2 unspecified atom stereocenters. The SMILES string of the molecule is CCCNCC1CC1c1cc(C)ccc1F. The lowest BCUT2D eigenvalue weighted by atomic mass is 10.1. The smallest absolute Gasteiger partial charge is 0.126 e. The van der Waals surface area contributed by atoms with Crippen LogP contribution in [0.2, 0.25) is 0 Å². The Kier molecular flexibility index (Phi) is 3.59. The highest BCUT2D eigenvalue weighted by molar-refractivity contribution is 5.31. The number of hydrogen-bond donors (Lipinski definition) is 1. The van der Waals surface area contributed by atoms with Gasteiger partial charge in [0.1, 0.15) is 5.82 Å². The zero-order chi connectivity index (χ0) is 11.5. The molecule has 0 radical (unpaired) electrons. The topological polar surface area (TPSA) is 12.0 Å². The van der Waals surface area contributed by atoms with Gasteiger partial charge < -0.3 is 5.32 Å². The van der Waals surface area contributed by atoms with Crippen molar-refractivity contribution in [3.8, 4) is 0 Å². The average Bonchev–Trinajstić information content (AvgIpc) is 3.02. The van der Waals surface area contributed by atoms with E-state index in [2.05, 4.69) is 12.2 Å². The third-order valence-corrected chi connectivity index (χ3v) is 3.31. The molecule has 1 aromatic rings. The van der Waals surface area contributed by atoms with Crippen LogP contribution in [0.1, 0.15) is 36.8 Å². The first-order chi connectivity index (χ1) is 7.72. The number of halogens is 1. The van der Waals surface area contributed by atoms with Gasteiger partial charge >= 0.3 is 0 Å². The van der Waals surface area contributed by atoms with Crippen LogP contribution in [-0.2, 0) is 0 Å². The third kappa shape index (κ3) is 2.62. The molecule has 0 heterocycles. The molecule has 2 rings (SSSR count). The van der Waals surface area contributed by atoms with Crippen LogP contribution in [0.15, 0.2) is 18.2 Å². The first-order valence-electron chi connectivity index (χ1n) is 6.19. The Morgan fingerprint density at radius 1 is 1.44 bits per heavy atom. The number of benzene rings is 1. The van der Waals surface area contributed by atoms with Gasteiger partial charge in [-0.15, -0.1) is 0 Å². The van der Waals surface area contributed by atoms with Gasteiger partial charge in [0.25, 0.3) is 0 Å². The molecule has 1 aliphatic rings. The van der Waals surface area contributed by atoms with Crippen LogP contribution in [0.3, 0.4) is 0 Å². The fourth-order valence-electron chi connectivity index (χ4n) is 2.27. The molecule has 0 saturated heterocycles. The molecule has 88 valence electrons. The summed E-state index contributed by atoms with van der Waals surface area (Å²) in [6.45, 7) is 6.29. The summed E-state index contributed by atoms with van der Waals surface area (Å²) in [4.78, 5) is 0. The van der Waals surface area contributed by atoms with Gasteiger partial charge in [0.15, 0.2) is 0 Å². The lowest BCUT2D eigenvalue weighted by Gasteiger charge is -2.05. The van der Waals surface area contributed by atoms with E-state index in [9.17, 15) is 4.39 Å². The Morgan fingerprint density at radius 3 is 3.00 bits per heavy atom. The molecule has 1 fully saturated rings. The second kappa shape index (κ2) is 4.96. The Hall–Kier alpha value is -0.890. The van der Waals surface area contributed by atoms with Gasteiger partial charge in [-0.1, -0.05) is 24.6 Å². The number of aryl methyl sites for hydroxylation is 1. The summed E-state index contributed by atoms with van der Waals surface area (Å²) >= 11 is 0. The molecule has 0 aliphatic heterocycles. The minimum atomic E-state index is -0.0337. The van der Waals surface area contributed by atoms with E-state index in [0.717, 1.165) is 37.1 Å². The molecule has 16 heavy (non-hydrogen) atoms. The van der Waals surface area contributed by atoms with Crippen molar-refractivity contribution in [2.24, 2.45) is 5.92 Å². The summed E-state index contributed by atoms with van der Waals surface area (Å²) in [6.07, 6.45) is 2.30. The van der Waals surface area contributed by atoms with Gasteiger partial charge in [0.05, 0.1) is 0 Å². The van der Waals surface area contributed by atoms with Gasteiger partial charge in [-0.05, 0) is 56.3 Å². The normalized spacial score (nSPS) is 23.4. The molecule has 0 aromatic heterocycles. The summed E-state index contributed by atoms with van der Waals surface area (Å²) < 4.78 is 13.6. The maximum atomic E-state index is 13.6. The Balaban J connectivity index is 1.92. The molecule has 0 amide bonds. The molecule has 2 heteroatoms. The van der Waals surface area contributed by atoms with Crippen molar-refractivity contribution in [3.05, 3.63) is 35.1 Å². The van der Waals surface area contributed by atoms with E-state index in [-0.39, 0.29) is 5.82 Å². The lowest BCUT2D eigenvalue weighted by Crippen LogP contribution is -2.18. The predicted molar refractivity (Wildman–Crippen MR) is 65.1 cm³/mol. The minimum absolute atomic E-state index is 0.0337. The van der Waals surface area contributed by atoms with E-state index in [0.29, 0.717) is 11.8 Å². The van der Waals surface area contributed by atoms with Crippen molar-refractivity contribution < 1.29 is 4.39 Å². The summed E-state index contributed by atoms with van der Waals surface area (Å²) in [5.41, 5.74) is 2.08. The molecule has 1 nitrogen and oxygen atoms in total. The van der Waals surface area contributed by atoms with Crippen LogP contribution < -0.4 is 5.32 Å². The summed E-state index contributed by atoms with van der Waals surface area (Å²) in [7, 11) is 0. The standard InChI is InChI=1S/C14H20FN/c1-3-6-16-9-11-8-12(11)13-7-10(2)4-5-14(13)15/h4-5,7,11-12,16H,3,6,8-9H2,1-2H3. The van der Waals surface area contributed by atoms with E-state index in [1.807, 2.05) is 19.1 Å². The van der Waals surface area contributed by atoms with Crippen LogP contribution >= 0.6 is 0 Å². The monoisotopic (exact) mass is 221 g/mol. The number of rotatable bonds is 5. The molecule has 1 aliphatic carbocycles. The quantitative estimate of drug-likeness (QED) is 0.753. The fourth-order valence-corrected chi connectivity index (χ4v) is 2.27. The average molecular weight is 221 g/mol. The Morgan fingerprint density at radius 2 is 2.25 bits per heavy atom. The molecule has 1 saturated carbocycles. The summed E-state index contributed by atoms with van der Waals surface area (Å²) in [5.74, 6) is 1.06. The highest BCUT2D eigenvalue weighted by Crippen LogP contribution is 2.47. The highest BCUT2D eigenvalue weighted by atomic mass is 19.1. The highest BCUT2D eigenvalue weighted by Gasteiger charge is 2.39. The Bertz CT molecular complexity index is 362. The number of nitrogens with one attached hydrogen (secondary N) is 1. The fraction of sp³-hybridized carbons (Fsp3) is 0.571. The first kappa shape index (κ1) is 11.6. The van der Waals surface area contributed by atoms with E-state index in [1.54, 1.807) is 6.07 Å². The molecular formula is C14H20FN. The second-order valence-corrected chi connectivity index (χ2v) is 4.83. The third-order valence-electron chi connectivity index (χ3n) is 3.31. The largest absolute Gasteiger partial charge is 0.316 e. The van der Waals surface area contributed by atoms with Gasteiger partial charge in [0.2, 0.25) is 0 Å². The van der Waals surface area contributed by atoms with E-state index in [1.165, 1.54) is 0 Å². The van der Waals surface area contributed by atoms with E-state index >= 15 is 0 Å². The minimum Gasteiger partial charge on any atom is -0.316 e. The van der Waals surface area contributed by atoms with Crippen LogP contribution in [0.25, 0.3) is 0 Å².